The summed E-state index contributed by atoms with van der Waals surface area (Å²) in [5, 5.41) is 0. The molecule has 0 aromatic heterocycles. The van der Waals surface area contributed by atoms with E-state index in [4.69, 9.17) is 15.2 Å². The molecule has 0 bridgehead atoms. The average Bonchev–Trinajstić information content (AvgIpc) is 2.59. The molecule has 0 heterocycles. The summed E-state index contributed by atoms with van der Waals surface area (Å²) in [5.74, 6) is -0.121. The van der Waals surface area contributed by atoms with Crippen molar-refractivity contribution >= 4 is 37.5 Å². The number of nitrogens with two attached hydrogens (primary N) is 1. The highest BCUT2D eigenvalue weighted by atomic mass is 79.9. The Hall–Kier alpha value is -2.26. The van der Waals surface area contributed by atoms with Crippen LogP contribution in [0.2, 0.25) is 0 Å². The molecular weight excluding hydrogens is 412 g/mol. The van der Waals surface area contributed by atoms with Gasteiger partial charge in [0.05, 0.1) is 24.8 Å². The molecule has 2 N–H and O–H groups in total. The number of amides is 1. The molecule has 0 aliphatic carbocycles. The summed E-state index contributed by atoms with van der Waals surface area (Å²) in [6, 6.07) is 10.7. The van der Waals surface area contributed by atoms with Gasteiger partial charge in [0.25, 0.3) is 10.0 Å². The van der Waals surface area contributed by atoms with Crippen molar-refractivity contribution in [2.75, 3.05) is 25.1 Å². The Kier molecular flexibility index (Phi) is 5.91. The number of ether oxygens (including phenoxy) is 2. The lowest BCUT2D eigenvalue weighted by Crippen LogP contribution is -2.38. The number of methoxy groups -OCH3 is 2. The minimum Gasteiger partial charge on any atom is -0.497 e. The second-order valence-corrected chi connectivity index (χ2v) is 7.75. The van der Waals surface area contributed by atoms with E-state index >= 15 is 0 Å². The summed E-state index contributed by atoms with van der Waals surface area (Å²) in [6.07, 6.45) is 0. The molecule has 0 aliphatic rings. The van der Waals surface area contributed by atoms with Crippen LogP contribution in [-0.4, -0.2) is 35.1 Å². The molecular formula is C16H17BrN2O5S. The molecule has 9 heteroatoms. The maximum atomic E-state index is 13.1. The van der Waals surface area contributed by atoms with Gasteiger partial charge in [0.15, 0.2) is 0 Å². The van der Waals surface area contributed by atoms with Gasteiger partial charge in [-0.1, -0.05) is 15.9 Å². The molecule has 2 aromatic rings. The highest BCUT2D eigenvalue weighted by Crippen LogP contribution is 2.35. The van der Waals surface area contributed by atoms with Crippen LogP contribution < -0.4 is 19.5 Å². The van der Waals surface area contributed by atoms with Crippen LogP contribution in [0.1, 0.15) is 0 Å². The Morgan fingerprint density at radius 2 is 1.76 bits per heavy atom. The van der Waals surface area contributed by atoms with Crippen molar-refractivity contribution in [3.8, 4) is 11.5 Å². The van der Waals surface area contributed by atoms with Crippen molar-refractivity contribution in [1.29, 1.82) is 0 Å². The van der Waals surface area contributed by atoms with E-state index in [2.05, 4.69) is 15.9 Å². The normalized spacial score (nSPS) is 11.0. The van der Waals surface area contributed by atoms with Crippen LogP contribution >= 0.6 is 15.9 Å². The van der Waals surface area contributed by atoms with Gasteiger partial charge in [-0.2, -0.15) is 0 Å². The number of halogens is 1. The second kappa shape index (κ2) is 7.75. The molecule has 2 aromatic carbocycles. The van der Waals surface area contributed by atoms with Gasteiger partial charge < -0.3 is 15.2 Å². The Balaban J connectivity index is 2.64. The second-order valence-electron chi connectivity index (χ2n) is 4.97. The molecule has 0 aliphatic heterocycles. The number of hydrogen-bond donors (Lipinski definition) is 1. The number of sulfonamides is 1. The minimum absolute atomic E-state index is 0.0156. The van der Waals surface area contributed by atoms with Crippen LogP contribution in [-0.2, 0) is 14.8 Å². The molecule has 25 heavy (non-hydrogen) atoms. The van der Waals surface area contributed by atoms with E-state index in [1.54, 1.807) is 24.3 Å². The molecule has 134 valence electrons. The lowest BCUT2D eigenvalue weighted by Gasteiger charge is -2.25. The summed E-state index contributed by atoms with van der Waals surface area (Å²) in [6.45, 7) is -0.540. The SMILES string of the molecule is COc1ccc(OC)c(N(CC(N)=O)S(=O)(=O)c2ccc(Br)cc2)c1. The summed E-state index contributed by atoms with van der Waals surface area (Å²) in [5.41, 5.74) is 5.42. The predicted molar refractivity (Wildman–Crippen MR) is 97.4 cm³/mol. The average molecular weight is 429 g/mol. The number of benzene rings is 2. The summed E-state index contributed by atoms with van der Waals surface area (Å²) < 4.78 is 38.1. The smallest absolute Gasteiger partial charge is 0.264 e. The zero-order valence-electron chi connectivity index (χ0n) is 13.6. The Labute approximate surface area is 154 Å². The van der Waals surface area contributed by atoms with Gasteiger partial charge in [-0.25, -0.2) is 8.42 Å². The van der Waals surface area contributed by atoms with Crippen molar-refractivity contribution in [1.82, 2.24) is 0 Å². The number of hydrogen-bond acceptors (Lipinski definition) is 5. The van der Waals surface area contributed by atoms with Gasteiger partial charge >= 0.3 is 0 Å². The van der Waals surface area contributed by atoms with Crippen LogP contribution in [0.4, 0.5) is 5.69 Å². The van der Waals surface area contributed by atoms with Crippen LogP contribution in [0.15, 0.2) is 51.8 Å². The van der Waals surface area contributed by atoms with E-state index in [1.165, 1.54) is 32.4 Å². The standard InChI is InChI=1S/C16H17BrN2O5S/c1-23-12-5-8-15(24-2)14(9-12)19(10-16(18)20)25(21,22)13-6-3-11(17)4-7-13/h3-9H,10H2,1-2H3,(H2,18,20). The van der Waals surface area contributed by atoms with Crippen LogP contribution in [0.3, 0.4) is 0 Å². The van der Waals surface area contributed by atoms with Crippen molar-refractivity contribution in [3.05, 3.63) is 46.9 Å². The van der Waals surface area contributed by atoms with Crippen LogP contribution in [0.5, 0.6) is 11.5 Å². The van der Waals surface area contributed by atoms with Crippen molar-refractivity contribution in [2.45, 2.75) is 4.90 Å². The first-order valence-corrected chi connectivity index (χ1v) is 9.31. The molecule has 0 saturated heterocycles. The number of rotatable bonds is 7. The molecule has 0 atom stereocenters. The molecule has 0 saturated carbocycles. The van der Waals surface area contributed by atoms with E-state index in [-0.39, 0.29) is 16.3 Å². The maximum absolute atomic E-state index is 13.1. The van der Waals surface area contributed by atoms with Crippen molar-refractivity contribution < 1.29 is 22.7 Å². The van der Waals surface area contributed by atoms with Gasteiger partial charge in [0.2, 0.25) is 5.91 Å². The number of primary amides is 1. The topological polar surface area (TPSA) is 98.9 Å². The quantitative estimate of drug-likeness (QED) is 0.727. The fourth-order valence-electron chi connectivity index (χ4n) is 2.17. The molecule has 1 amide bonds. The third-order valence-electron chi connectivity index (χ3n) is 3.36. The van der Waals surface area contributed by atoms with Crippen molar-refractivity contribution in [3.63, 3.8) is 0 Å². The Morgan fingerprint density at radius 3 is 2.28 bits per heavy atom. The summed E-state index contributed by atoms with van der Waals surface area (Å²) in [4.78, 5) is 11.5. The predicted octanol–water partition coefficient (Wildman–Crippen LogP) is 2.15. The minimum atomic E-state index is -4.05. The first kappa shape index (κ1) is 19.1. The first-order valence-electron chi connectivity index (χ1n) is 7.08. The van der Waals surface area contributed by atoms with Gasteiger partial charge in [0.1, 0.15) is 18.0 Å². The van der Waals surface area contributed by atoms with Gasteiger partial charge in [-0.3, -0.25) is 9.10 Å². The molecule has 0 fully saturated rings. The zero-order chi connectivity index (χ0) is 18.6. The lowest BCUT2D eigenvalue weighted by atomic mass is 10.2. The fraction of sp³-hybridized carbons (Fsp3) is 0.188. The largest absolute Gasteiger partial charge is 0.497 e. The number of anilines is 1. The molecule has 0 spiro atoms. The fourth-order valence-corrected chi connectivity index (χ4v) is 3.86. The monoisotopic (exact) mass is 428 g/mol. The highest BCUT2D eigenvalue weighted by molar-refractivity contribution is 9.10. The Morgan fingerprint density at radius 1 is 1.12 bits per heavy atom. The summed E-state index contributed by atoms with van der Waals surface area (Å²) >= 11 is 3.26. The van der Waals surface area contributed by atoms with E-state index in [0.29, 0.717) is 5.75 Å². The lowest BCUT2D eigenvalue weighted by molar-refractivity contribution is -0.116. The number of carbonyl (C=O) groups excluding carboxylic acids is 1. The molecule has 2 rings (SSSR count). The first-order chi connectivity index (χ1) is 11.8. The third kappa shape index (κ3) is 4.23. The van der Waals surface area contributed by atoms with Crippen LogP contribution in [0, 0.1) is 0 Å². The van der Waals surface area contributed by atoms with E-state index in [0.717, 1.165) is 8.78 Å². The van der Waals surface area contributed by atoms with E-state index in [1.807, 2.05) is 0 Å². The maximum Gasteiger partial charge on any atom is 0.264 e. The van der Waals surface area contributed by atoms with Crippen molar-refractivity contribution in [2.24, 2.45) is 5.73 Å². The van der Waals surface area contributed by atoms with Gasteiger partial charge in [0, 0.05) is 10.5 Å². The molecule has 0 unspecified atom stereocenters. The third-order valence-corrected chi connectivity index (χ3v) is 5.66. The number of nitrogens with zero attached hydrogens (tertiary/aromatic N) is 1. The Bertz CT molecular complexity index is 869. The summed E-state index contributed by atoms with van der Waals surface area (Å²) in [7, 11) is -1.19. The van der Waals surface area contributed by atoms with E-state index < -0.39 is 22.5 Å². The molecule has 7 nitrogen and oxygen atoms in total. The zero-order valence-corrected chi connectivity index (χ0v) is 16.0. The number of carbonyl (C=O) groups is 1. The molecule has 0 radical (unpaired) electrons. The van der Waals surface area contributed by atoms with Gasteiger partial charge in [-0.15, -0.1) is 0 Å². The van der Waals surface area contributed by atoms with Gasteiger partial charge in [-0.05, 0) is 36.4 Å². The van der Waals surface area contributed by atoms with Crippen LogP contribution in [0.25, 0.3) is 0 Å². The highest BCUT2D eigenvalue weighted by Gasteiger charge is 2.29. The van der Waals surface area contributed by atoms with E-state index in [9.17, 15) is 13.2 Å².